The van der Waals surface area contributed by atoms with E-state index in [1.54, 1.807) is 28.0 Å². The molecule has 0 saturated carbocycles. The topological polar surface area (TPSA) is 76.3 Å². The molecule has 0 fully saturated rings. The molecule has 0 unspecified atom stereocenters. The fourth-order valence-electron chi connectivity index (χ4n) is 4.15. The van der Waals surface area contributed by atoms with Crippen LogP contribution >= 0.6 is 23.1 Å². The number of aromatic nitrogens is 2. The second-order valence-electron chi connectivity index (χ2n) is 8.25. The molecular formula is C26H23FN4O2S2. The smallest absolute Gasteiger partial charge is 0.267 e. The quantitative estimate of drug-likeness (QED) is 0.130. The number of hydrogen-bond acceptors (Lipinski definition) is 6. The summed E-state index contributed by atoms with van der Waals surface area (Å²) in [4.78, 5) is 33.0. The number of aryl methyl sites for hydroxylation is 2. The summed E-state index contributed by atoms with van der Waals surface area (Å²) in [7, 11) is 0. The second kappa shape index (κ2) is 10.5. The van der Waals surface area contributed by atoms with Gasteiger partial charge in [-0.15, -0.1) is 11.3 Å². The number of thiophene rings is 1. The standard InChI is InChI=1S/C26H23FN4O2S2/c27-18-13-11-17(12-14-18)15-28-30-22(32)16-34-26-29-24-23(20-9-5-2-6-10-21(20)35-24)25(33)31(26)19-7-3-1-4-8-19/h1,3-4,7-8,11-15H,2,5-6,9-10,16H2,(H,30,32)/b28-15+. The van der Waals surface area contributed by atoms with E-state index in [0.717, 1.165) is 41.8 Å². The van der Waals surface area contributed by atoms with Crippen molar-refractivity contribution in [1.29, 1.82) is 0 Å². The van der Waals surface area contributed by atoms with Gasteiger partial charge in [-0.1, -0.05) is 48.5 Å². The van der Waals surface area contributed by atoms with Gasteiger partial charge < -0.3 is 0 Å². The number of amides is 1. The van der Waals surface area contributed by atoms with Gasteiger partial charge in [0.2, 0.25) is 0 Å². The van der Waals surface area contributed by atoms with Crippen LogP contribution in [0.15, 0.2) is 69.6 Å². The van der Waals surface area contributed by atoms with E-state index in [4.69, 9.17) is 4.98 Å². The molecule has 1 amide bonds. The minimum absolute atomic E-state index is 0.0383. The summed E-state index contributed by atoms with van der Waals surface area (Å²) in [5.74, 6) is -0.626. The van der Waals surface area contributed by atoms with Crippen LogP contribution in [0, 0.1) is 5.82 Å². The number of benzene rings is 2. The van der Waals surface area contributed by atoms with Gasteiger partial charge in [-0.05, 0) is 61.1 Å². The number of nitrogens with one attached hydrogen (secondary N) is 1. The molecule has 0 atom stereocenters. The summed E-state index contributed by atoms with van der Waals surface area (Å²) in [5.41, 5.74) is 4.93. The van der Waals surface area contributed by atoms with Crippen molar-refractivity contribution in [2.75, 3.05) is 5.75 Å². The minimum atomic E-state index is -0.335. The number of fused-ring (bicyclic) bond motifs is 3. The van der Waals surface area contributed by atoms with Crippen LogP contribution in [0.3, 0.4) is 0 Å². The monoisotopic (exact) mass is 506 g/mol. The average Bonchev–Trinajstić information content (AvgIpc) is 3.05. The van der Waals surface area contributed by atoms with Crippen LogP contribution in [0.4, 0.5) is 4.39 Å². The van der Waals surface area contributed by atoms with Crippen molar-refractivity contribution in [2.45, 2.75) is 37.3 Å². The molecule has 0 aliphatic heterocycles. The van der Waals surface area contributed by atoms with E-state index < -0.39 is 0 Å². The molecule has 0 saturated heterocycles. The van der Waals surface area contributed by atoms with Gasteiger partial charge in [-0.25, -0.2) is 14.8 Å². The fourth-order valence-corrected chi connectivity index (χ4v) is 6.26. The number of carbonyl (C=O) groups is 1. The molecule has 0 radical (unpaired) electrons. The predicted molar refractivity (Wildman–Crippen MR) is 139 cm³/mol. The number of thioether (sulfide) groups is 1. The SMILES string of the molecule is O=C(CSc1nc2sc3c(c2c(=O)n1-c1ccccc1)CCCCC3)N/N=C/c1ccc(F)cc1. The summed E-state index contributed by atoms with van der Waals surface area (Å²) < 4.78 is 14.6. The zero-order valence-electron chi connectivity index (χ0n) is 18.9. The van der Waals surface area contributed by atoms with E-state index in [1.165, 1.54) is 41.4 Å². The van der Waals surface area contributed by atoms with E-state index in [-0.39, 0.29) is 23.0 Å². The molecular weight excluding hydrogens is 483 g/mol. The lowest BCUT2D eigenvalue weighted by Crippen LogP contribution is -2.24. The van der Waals surface area contributed by atoms with Gasteiger partial charge in [0.25, 0.3) is 11.5 Å². The van der Waals surface area contributed by atoms with Crippen LogP contribution in [-0.2, 0) is 17.6 Å². The van der Waals surface area contributed by atoms with Crippen LogP contribution < -0.4 is 11.0 Å². The zero-order valence-corrected chi connectivity index (χ0v) is 20.5. The molecule has 2 aromatic heterocycles. The Morgan fingerprint density at radius 3 is 2.69 bits per heavy atom. The lowest BCUT2D eigenvalue weighted by atomic mass is 10.1. The Balaban J connectivity index is 1.42. The lowest BCUT2D eigenvalue weighted by molar-refractivity contribution is -0.118. The molecule has 1 N–H and O–H groups in total. The van der Waals surface area contributed by atoms with Gasteiger partial charge in [0, 0.05) is 4.88 Å². The predicted octanol–water partition coefficient (Wildman–Crippen LogP) is 5.10. The first-order chi connectivity index (χ1) is 17.1. The summed E-state index contributed by atoms with van der Waals surface area (Å²) in [6, 6.07) is 15.2. The molecule has 0 bridgehead atoms. The van der Waals surface area contributed by atoms with Crippen molar-refractivity contribution in [3.8, 4) is 5.69 Å². The third kappa shape index (κ3) is 5.21. The molecule has 9 heteroatoms. The Morgan fingerprint density at radius 2 is 1.89 bits per heavy atom. The maximum Gasteiger partial charge on any atom is 0.267 e. The van der Waals surface area contributed by atoms with Crippen molar-refractivity contribution in [3.05, 3.63) is 86.8 Å². The lowest BCUT2D eigenvalue weighted by Gasteiger charge is -2.12. The van der Waals surface area contributed by atoms with Gasteiger partial charge in [-0.3, -0.25) is 14.2 Å². The summed E-state index contributed by atoms with van der Waals surface area (Å²) in [6.07, 6.45) is 6.73. The van der Waals surface area contributed by atoms with Crippen LogP contribution in [0.25, 0.3) is 15.9 Å². The molecule has 1 aliphatic rings. The Labute approximate surface area is 209 Å². The Kier molecular flexibility index (Phi) is 7.06. The first-order valence-electron chi connectivity index (χ1n) is 11.4. The average molecular weight is 507 g/mol. The molecule has 4 aromatic rings. The van der Waals surface area contributed by atoms with Gasteiger partial charge in [0.05, 0.1) is 23.0 Å². The number of hydrazone groups is 1. The van der Waals surface area contributed by atoms with Gasteiger partial charge in [0.15, 0.2) is 5.16 Å². The van der Waals surface area contributed by atoms with Gasteiger partial charge >= 0.3 is 0 Å². The Hall–Kier alpha value is -3.30. The number of hydrogen-bond donors (Lipinski definition) is 1. The molecule has 1 aliphatic carbocycles. The highest BCUT2D eigenvalue weighted by atomic mass is 32.2. The molecule has 0 spiro atoms. The van der Waals surface area contributed by atoms with E-state index in [9.17, 15) is 14.0 Å². The first-order valence-corrected chi connectivity index (χ1v) is 13.2. The maximum atomic E-state index is 13.8. The number of para-hydroxylation sites is 1. The maximum absolute atomic E-state index is 13.8. The number of halogens is 1. The van der Waals surface area contributed by atoms with Crippen LogP contribution in [0.5, 0.6) is 0 Å². The fraction of sp³-hybridized carbons (Fsp3) is 0.231. The van der Waals surface area contributed by atoms with E-state index in [2.05, 4.69) is 10.5 Å². The van der Waals surface area contributed by atoms with Gasteiger partial charge in [0.1, 0.15) is 10.6 Å². The number of carbonyl (C=O) groups excluding carboxylic acids is 1. The van der Waals surface area contributed by atoms with Crippen molar-refractivity contribution >= 4 is 45.4 Å². The zero-order chi connectivity index (χ0) is 24.2. The Morgan fingerprint density at radius 1 is 1.11 bits per heavy atom. The highest BCUT2D eigenvalue weighted by Crippen LogP contribution is 2.34. The first kappa shape index (κ1) is 23.4. The second-order valence-corrected chi connectivity index (χ2v) is 10.3. The van der Waals surface area contributed by atoms with Crippen LogP contribution in [0.1, 0.15) is 35.3 Å². The van der Waals surface area contributed by atoms with Crippen molar-refractivity contribution in [1.82, 2.24) is 15.0 Å². The third-order valence-corrected chi connectivity index (χ3v) is 7.95. The van der Waals surface area contributed by atoms with Crippen LogP contribution in [0.2, 0.25) is 0 Å². The largest absolute Gasteiger partial charge is 0.272 e. The molecule has 178 valence electrons. The third-order valence-electron chi connectivity index (χ3n) is 5.83. The number of rotatable bonds is 6. The van der Waals surface area contributed by atoms with Crippen LogP contribution in [-0.4, -0.2) is 27.4 Å². The summed E-state index contributed by atoms with van der Waals surface area (Å²) in [5, 5.41) is 5.13. The molecule has 5 rings (SSSR count). The van der Waals surface area contributed by atoms with E-state index >= 15 is 0 Å². The summed E-state index contributed by atoms with van der Waals surface area (Å²) >= 11 is 2.80. The minimum Gasteiger partial charge on any atom is -0.272 e. The van der Waals surface area contributed by atoms with Gasteiger partial charge in [-0.2, -0.15) is 5.10 Å². The molecule has 35 heavy (non-hydrogen) atoms. The van der Waals surface area contributed by atoms with Crippen molar-refractivity contribution < 1.29 is 9.18 Å². The normalized spacial score (nSPS) is 13.6. The summed E-state index contributed by atoms with van der Waals surface area (Å²) in [6.45, 7) is 0. The van der Waals surface area contributed by atoms with E-state index in [1.807, 2.05) is 30.3 Å². The molecule has 2 heterocycles. The molecule has 2 aromatic carbocycles. The Bertz CT molecular complexity index is 1450. The van der Waals surface area contributed by atoms with Crippen molar-refractivity contribution in [2.24, 2.45) is 5.10 Å². The van der Waals surface area contributed by atoms with E-state index in [0.29, 0.717) is 16.1 Å². The number of nitrogens with zero attached hydrogens (tertiary/aromatic N) is 3. The highest BCUT2D eigenvalue weighted by Gasteiger charge is 2.22. The molecule has 6 nitrogen and oxygen atoms in total. The van der Waals surface area contributed by atoms with Crippen molar-refractivity contribution in [3.63, 3.8) is 0 Å². The highest BCUT2D eigenvalue weighted by molar-refractivity contribution is 7.99.